The van der Waals surface area contributed by atoms with Crippen molar-refractivity contribution < 1.29 is 8.42 Å². The van der Waals surface area contributed by atoms with Crippen LogP contribution < -0.4 is 0 Å². The van der Waals surface area contributed by atoms with Gasteiger partial charge in [0, 0.05) is 16.1 Å². The highest BCUT2D eigenvalue weighted by Crippen LogP contribution is 2.29. The fourth-order valence-electron chi connectivity index (χ4n) is 1.71. The molecule has 0 saturated carbocycles. The minimum atomic E-state index is -3.74. The van der Waals surface area contributed by atoms with E-state index in [-0.39, 0.29) is 0 Å². The van der Waals surface area contributed by atoms with Crippen LogP contribution in [0.1, 0.15) is 10.8 Å². The Morgan fingerprint density at radius 3 is 2.61 bits per heavy atom. The summed E-state index contributed by atoms with van der Waals surface area (Å²) < 4.78 is 22.8. The first-order valence-corrected chi connectivity index (χ1v) is 7.79. The number of fused-ring (bicyclic) bond motifs is 1. The summed E-state index contributed by atoms with van der Waals surface area (Å²) >= 11 is 5.78. The van der Waals surface area contributed by atoms with Gasteiger partial charge in [-0.1, -0.05) is 23.7 Å². The third-order valence-electron chi connectivity index (χ3n) is 2.53. The molecule has 18 heavy (non-hydrogen) atoms. The molecule has 0 radical (unpaired) electrons. The molecule has 1 heterocycles. The number of nitrogens with zero attached hydrogens (tertiary/aromatic N) is 1. The van der Waals surface area contributed by atoms with E-state index >= 15 is 0 Å². The lowest BCUT2D eigenvalue weighted by Gasteiger charge is -2.10. The van der Waals surface area contributed by atoms with Gasteiger partial charge in [-0.15, -0.1) is 6.58 Å². The zero-order valence-electron chi connectivity index (χ0n) is 9.18. The maximum absolute atomic E-state index is 11.4. The van der Waals surface area contributed by atoms with Crippen LogP contribution in [0, 0.1) is 0 Å². The van der Waals surface area contributed by atoms with Crippen molar-refractivity contribution in [2.45, 2.75) is 5.25 Å². The Labute approximate surface area is 114 Å². The molecule has 2 rings (SSSR count). The molecule has 1 aromatic carbocycles. The first kappa shape index (κ1) is 13.3. The van der Waals surface area contributed by atoms with E-state index in [1.165, 1.54) is 6.08 Å². The third kappa shape index (κ3) is 2.66. The van der Waals surface area contributed by atoms with Crippen LogP contribution in [-0.2, 0) is 9.05 Å². The molecule has 1 atom stereocenters. The molecule has 0 aliphatic rings. The number of benzene rings is 1. The molecule has 0 fully saturated rings. The molecular weight excluding hydrogens is 293 g/mol. The second kappa shape index (κ2) is 4.88. The van der Waals surface area contributed by atoms with Crippen molar-refractivity contribution in [2.75, 3.05) is 0 Å². The van der Waals surface area contributed by atoms with Crippen molar-refractivity contribution in [1.29, 1.82) is 0 Å². The van der Waals surface area contributed by atoms with Crippen LogP contribution in [0.2, 0.25) is 5.15 Å². The summed E-state index contributed by atoms with van der Waals surface area (Å²) in [6, 6.07) is 8.49. The van der Waals surface area contributed by atoms with Crippen LogP contribution in [0.5, 0.6) is 0 Å². The number of hydrogen-bond acceptors (Lipinski definition) is 3. The first-order valence-electron chi connectivity index (χ1n) is 5.04. The Morgan fingerprint density at radius 2 is 2.00 bits per heavy atom. The van der Waals surface area contributed by atoms with Gasteiger partial charge in [0.25, 0.3) is 0 Å². The highest BCUT2D eigenvalue weighted by Gasteiger charge is 2.21. The molecule has 3 nitrogen and oxygen atoms in total. The summed E-state index contributed by atoms with van der Waals surface area (Å²) in [6.45, 7) is 3.50. The van der Waals surface area contributed by atoms with E-state index in [2.05, 4.69) is 11.6 Å². The zero-order chi connectivity index (χ0) is 13.3. The van der Waals surface area contributed by atoms with Crippen LogP contribution in [0.4, 0.5) is 0 Å². The fourth-order valence-corrected chi connectivity index (χ4v) is 3.09. The Balaban J connectivity index is 2.60. The van der Waals surface area contributed by atoms with Gasteiger partial charge in [-0.25, -0.2) is 13.4 Å². The minimum absolute atomic E-state index is 0.389. The second-order valence-corrected chi connectivity index (χ2v) is 6.85. The average molecular weight is 302 g/mol. The van der Waals surface area contributed by atoms with Gasteiger partial charge in [0.05, 0.1) is 5.52 Å². The van der Waals surface area contributed by atoms with Gasteiger partial charge in [0.1, 0.15) is 10.4 Å². The van der Waals surface area contributed by atoms with Crippen molar-refractivity contribution >= 4 is 42.2 Å². The maximum atomic E-state index is 11.4. The van der Waals surface area contributed by atoms with Crippen molar-refractivity contribution in [2.24, 2.45) is 0 Å². The van der Waals surface area contributed by atoms with Crippen LogP contribution in [0.25, 0.3) is 10.9 Å². The second-order valence-electron chi connectivity index (χ2n) is 3.72. The molecule has 0 bridgehead atoms. The fraction of sp³-hybridized carbons (Fsp3) is 0.0833. The molecule has 6 heteroatoms. The van der Waals surface area contributed by atoms with Gasteiger partial charge < -0.3 is 0 Å². The van der Waals surface area contributed by atoms with E-state index < -0.39 is 14.3 Å². The van der Waals surface area contributed by atoms with Gasteiger partial charge in [0.2, 0.25) is 9.05 Å². The van der Waals surface area contributed by atoms with E-state index in [0.717, 1.165) is 5.39 Å². The van der Waals surface area contributed by atoms with Crippen molar-refractivity contribution in [3.63, 3.8) is 0 Å². The third-order valence-corrected chi connectivity index (χ3v) is 4.38. The molecule has 0 amide bonds. The summed E-state index contributed by atoms with van der Waals surface area (Å²) in [5.74, 6) is 0. The van der Waals surface area contributed by atoms with E-state index in [1.807, 2.05) is 0 Å². The number of rotatable bonds is 3. The normalized spacial score (nSPS) is 13.4. The number of aromatic nitrogens is 1. The molecule has 0 aliphatic carbocycles. The molecule has 0 spiro atoms. The monoisotopic (exact) mass is 301 g/mol. The Kier molecular flexibility index (Phi) is 3.61. The van der Waals surface area contributed by atoms with E-state index in [1.54, 1.807) is 30.3 Å². The topological polar surface area (TPSA) is 47.0 Å². The molecule has 0 saturated heterocycles. The van der Waals surface area contributed by atoms with E-state index in [0.29, 0.717) is 16.2 Å². The molecule has 1 aromatic heterocycles. The lowest BCUT2D eigenvalue weighted by atomic mass is 10.1. The largest absolute Gasteiger partial charge is 0.243 e. The summed E-state index contributed by atoms with van der Waals surface area (Å²) in [5.41, 5.74) is 1.25. The van der Waals surface area contributed by atoms with Crippen LogP contribution in [-0.4, -0.2) is 13.4 Å². The highest BCUT2D eigenvalue weighted by molar-refractivity contribution is 8.14. The molecular formula is C12H9Cl2NO2S. The highest BCUT2D eigenvalue weighted by atomic mass is 35.7. The van der Waals surface area contributed by atoms with Gasteiger partial charge in [-0.3, -0.25) is 0 Å². The lowest BCUT2D eigenvalue weighted by Crippen LogP contribution is -2.04. The van der Waals surface area contributed by atoms with Gasteiger partial charge in [-0.2, -0.15) is 0 Å². The standard InChI is InChI=1S/C12H9Cl2NO2S/c1-2-11(18(14,16)17)9-3-5-10-8(7-9)4-6-12(13)15-10/h2-7,11H,1H2. The maximum Gasteiger partial charge on any atom is 0.243 e. The van der Waals surface area contributed by atoms with Crippen molar-refractivity contribution in [1.82, 2.24) is 4.98 Å². The predicted molar refractivity (Wildman–Crippen MR) is 74.5 cm³/mol. The number of halogens is 2. The molecule has 0 aliphatic heterocycles. The SMILES string of the molecule is C=CC(c1ccc2nc(Cl)ccc2c1)S(=O)(=O)Cl. The quantitative estimate of drug-likeness (QED) is 0.493. The van der Waals surface area contributed by atoms with Gasteiger partial charge in [-0.05, 0) is 29.8 Å². The summed E-state index contributed by atoms with van der Waals surface area (Å²) in [5, 5.41) is 0.254. The average Bonchev–Trinajstić information content (AvgIpc) is 2.28. The summed E-state index contributed by atoms with van der Waals surface area (Å²) in [6.07, 6.45) is 1.30. The van der Waals surface area contributed by atoms with Crippen molar-refractivity contribution in [3.05, 3.63) is 53.7 Å². The Hall–Kier alpha value is -1.10. The summed E-state index contributed by atoms with van der Waals surface area (Å²) in [7, 11) is 1.64. The van der Waals surface area contributed by atoms with Crippen LogP contribution in [0.3, 0.4) is 0 Å². The smallest absolute Gasteiger partial charge is 0.236 e. The lowest BCUT2D eigenvalue weighted by molar-refractivity contribution is 0.604. The first-order chi connectivity index (χ1) is 8.41. The molecule has 0 N–H and O–H groups in total. The molecule has 2 aromatic rings. The zero-order valence-corrected chi connectivity index (χ0v) is 11.5. The number of pyridine rings is 1. The number of hydrogen-bond donors (Lipinski definition) is 0. The molecule has 94 valence electrons. The minimum Gasteiger partial charge on any atom is -0.236 e. The summed E-state index contributed by atoms with van der Waals surface area (Å²) in [4.78, 5) is 4.12. The van der Waals surface area contributed by atoms with Crippen molar-refractivity contribution in [3.8, 4) is 0 Å². The Morgan fingerprint density at radius 1 is 1.28 bits per heavy atom. The predicted octanol–water partition coefficient (Wildman–Crippen LogP) is 3.68. The molecule has 1 unspecified atom stereocenters. The van der Waals surface area contributed by atoms with Crippen LogP contribution >= 0.6 is 22.3 Å². The van der Waals surface area contributed by atoms with Crippen LogP contribution in [0.15, 0.2) is 43.0 Å². The van der Waals surface area contributed by atoms with Gasteiger partial charge >= 0.3 is 0 Å². The van der Waals surface area contributed by atoms with E-state index in [4.69, 9.17) is 22.3 Å². The van der Waals surface area contributed by atoms with Gasteiger partial charge in [0.15, 0.2) is 0 Å². The van der Waals surface area contributed by atoms with E-state index in [9.17, 15) is 8.42 Å². The Bertz CT molecular complexity index is 713.